The number of urea groups is 2. The van der Waals surface area contributed by atoms with E-state index in [0.717, 1.165) is 64.7 Å². The van der Waals surface area contributed by atoms with Gasteiger partial charge in [-0.15, -0.1) is 0 Å². The summed E-state index contributed by atoms with van der Waals surface area (Å²) in [5.41, 5.74) is 5.06. The summed E-state index contributed by atoms with van der Waals surface area (Å²) in [5, 5.41) is 18.9. The fraction of sp³-hybridized carbons (Fsp3) is 0.381. The molecule has 4 aromatic rings. The number of rotatable bonds is 23. The molecule has 0 bridgehead atoms. The van der Waals surface area contributed by atoms with Crippen molar-refractivity contribution >= 4 is 12.1 Å². The lowest BCUT2D eigenvalue weighted by Gasteiger charge is -2.18. The Labute approximate surface area is 299 Å². The van der Waals surface area contributed by atoms with E-state index in [9.17, 15) is 9.59 Å². The molecule has 0 aliphatic rings. The van der Waals surface area contributed by atoms with Crippen LogP contribution in [0.5, 0.6) is 0 Å². The molecular weight excluding hydrogens is 621 g/mol. The molecule has 6 N–H and O–H groups in total. The second-order valence-electron chi connectivity index (χ2n) is 12.6. The topological polar surface area (TPSA) is 106 Å². The molecule has 0 radical (unpaired) electrons. The summed E-state index contributed by atoms with van der Waals surface area (Å²) in [5.74, 6) is 0.505. The first kappa shape index (κ1) is 38.1. The molecule has 8 heteroatoms. The van der Waals surface area contributed by atoms with Crippen LogP contribution in [0.4, 0.5) is 9.59 Å². The van der Waals surface area contributed by atoms with Crippen molar-refractivity contribution in [1.29, 1.82) is 0 Å². The Balaban J connectivity index is 0.928. The molecule has 0 aliphatic carbocycles. The molecule has 0 spiro atoms. The van der Waals surface area contributed by atoms with E-state index in [1.54, 1.807) is 0 Å². The fourth-order valence-electron chi connectivity index (χ4n) is 6.16. The molecule has 0 heterocycles. The lowest BCUT2D eigenvalue weighted by molar-refractivity contribution is 0.239. The van der Waals surface area contributed by atoms with Gasteiger partial charge in [0.1, 0.15) is 0 Å². The lowest BCUT2D eigenvalue weighted by Crippen LogP contribution is -2.37. The summed E-state index contributed by atoms with van der Waals surface area (Å²) in [4.78, 5) is 24.6. The number of hydrogen-bond donors (Lipinski definition) is 6. The van der Waals surface area contributed by atoms with Crippen molar-refractivity contribution < 1.29 is 9.59 Å². The number of amides is 4. The predicted octanol–water partition coefficient (Wildman–Crippen LogP) is 6.77. The first-order valence-electron chi connectivity index (χ1n) is 18.4. The number of carbonyl (C=O) groups excluding carboxylic acids is 2. The maximum atomic E-state index is 12.3. The third-order valence-electron chi connectivity index (χ3n) is 8.83. The molecule has 0 fully saturated rings. The van der Waals surface area contributed by atoms with E-state index in [1.807, 2.05) is 24.3 Å². The van der Waals surface area contributed by atoms with Crippen LogP contribution in [0.25, 0.3) is 0 Å². The lowest BCUT2D eigenvalue weighted by atomic mass is 9.88. The Kier molecular flexibility index (Phi) is 18.0. The molecule has 0 atom stereocenters. The van der Waals surface area contributed by atoms with Crippen LogP contribution in [0.2, 0.25) is 0 Å². The first-order chi connectivity index (χ1) is 24.7. The second kappa shape index (κ2) is 23.7. The zero-order chi connectivity index (χ0) is 34.9. The van der Waals surface area contributed by atoms with Crippen molar-refractivity contribution in [3.63, 3.8) is 0 Å². The van der Waals surface area contributed by atoms with Crippen molar-refractivity contribution in [3.05, 3.63) is 144 Å². The van der Waals surface area contributed by atoms with Crippen LogP contribution in [-0.2, 0) is 0 Å². The summed E-state index contributed by atoms with van der Waals surface area (Å²) < 4.78 is 0. The summed E-state index contributed by atoms with van der Waals surface area (Å²) in [7, 11) is 0. The van der Waals surface area contributed by atoms with Crippen LogP contribution in [0.3, 0.4) is 0 Å². The maximum Gasteiger partial charge on any atom is 0.314 e. The van der Waals surface area contributed by atoms with E-state index in [2.05, 4.69) is 129 Å². The highest BCUT2D eigenvalue weighted by molar-refractivity contribution is 5.74. The van der Waals surface area contributed by atoms with Crippen LogP contribution in [0.15, 0.2) is 121 Å². The van der Waals surface area contributed by atoms with Gasteiger partial charge in [0.25, 0.3) is 0 Å². The van der Waals surface area contributed by atoms with Gasteiger partial charge in [0.05, 0.1) is 0 Å². The van der Waals surface area contributed by atoms with E-state index >= 15 is 0 Å². The summed E-state index contributed by atoms with van der Waals surface area (Å²) >= 11 is 0. The molecule has 0 saturated heterocycles. The number of nitrogens with one attached hydrogen (secondary N) is 6. The van der Waals surface area contributed by atoms with Crippen molar-refractivity contribution in [2.75, 3.05) is 52.4 Å². The number of benzene rings is 4. The summed E-state index contributed by atoms with van der Waals surface area (Å²) in [6, 6.07) is 41.7. The molecule has 0 saturated carbocycles. The molecule has 8 nitrogen and oxygen atoms in total. The van der Waals surface area contributed by atoms with E-state index in [4.69, 9.17) is 0 Å². The van der Waals surface area contributed by atoms with Crippen molar-refractivity contribution in [2.45, 2.75) is 50.4 Å². The van der Waals surface area contributed by atoms with Gasteiger partial charge >= 0.3 is 12.1 Å². The van der Waals surface area contributed by atoms with Gasteiger partial charge in [-0.1, -0.05) is 121 Å². The molecule has 266 valence electrons. The quantitative estimate of drug-likeness (QED) is 0.0488. The fourth-order valence-corrected chi connectivity index (χ4v) is 6.16. The molecule has 50 heavy (non-hydrogen) atoms. The van der Waals surface area contributed by atoms with Gasteiger partial charge in [0, 0.05) is 38.0 Å². The minimum Gasteiger partial charge on any atom is -0.338 e. The van der Waals surface area contributed by atoms with Crippen LogP contribution in [-0.4, -0.2) is 64.4 Å². The SMILES string of the molecule is O=C(NCCCNCCCCNCCCNC(=O)NCCC(c1ccccc1)c1ccccc1)NCCC(c1ccccc1)c1ccccc1. The van der Waals surface area contributed by atoms with Gasteiger partial charge in [0.2, 0.25) is 0 Å². The van der Waals surface area contributed by atoms with Crippen LogP contribution in [0.1, 0.15) is 72.6 Å². The zero-order valence-corrected chi connectivity index (χ0v) is 29.4. The van der Waals surface area contributed by atoms with E-state index in [0.29, 0.717) is 26.2 Å². The molecule has 4 aromatic carbocycles. The summed E-state index contributed by atoms with van der Waals surface area (Å²) in [6.45, 7) is 6.21. The Hall–Kier alpha value is -4.66. The Morgan fingerprint density at radius 2 is 0.640 bits per heavy atom. The molecule has 0 aliphatic heterocycles. The predicted molar refractivity (Wildman–Crippen MR) is 206 cm³/mol. The van der Waals surface area contributed by atoms with Crippen molar-refractivity contribution in [1.82, 2.24) is 31.9 Å². The van der Waals surface area contributed by atoms with E-state index in [-0.39, 0.29) is 23.9 Å². The highest BCUT2D eigenvalue weighted by Crippen LogP contribution is 2.28. The minimum atomic E-state index is -0.109. The average molecular weight is 677 g/mol. The molecule has 4 amide bonds. The van der Waals surface area contributed by atoms with Crippen molar-refractivity contribution in [2.24, 2.45) is 0 Å². The third kappa shape index (κ3) is 14.8. The van der Waals surface area contributed by atoms with Gasteiger partial charge in [-0.3, -0.25) is 0 Å². The molecule has 0 unspecified atom stereocenters. The van der Waals surface area contributed by atoms with Gasteiger partial charge in [-0.05, 0) is 87.0 Å². The largest absolute Gasteiger partial charge is 0.338 e. The third-order valence-corrected chi connectivity index (χ3v) is 8.83. The zero-order valence-electron chi connectivity index (χ0n) is 29.4. The van der Waals surface area contributed by atoms with Gasteiger partial charge in [-0.25, -0.2) is 9.59 Å². The van der Waals surface area contributed by atoms with Crippen LogP contribution < -0.4 is 31.9 Å². The smallest absolute Gasteiger partial charge is 0.314 e. The van der Waals surface area contributed by atoms with Crippen LogP contribution >= 0.6 is 0 Å². The average Bonchev–Trinajstić information content (AvgIpc) is 3.16. The standard InChI is InChI=1S/C42H56N6O2/c49-41(47-33-25-39(35-17-5-1-6-18-35)36-19-7-2-8-20-36)45-31-15-29-43-27-13-14-28-44-30-16-32-46-42(50)48-34-26-40(37-21-9-3-10-22-37)38-23-11-4-12-24-38/h1-12,17-24,39-40,43-44H,13-16,25-34H2,(H2,45,47,49)(H2,46,48,50). The van der Waals surface area contributed by atoms with E-state index < -0.39 is 0 Å². The normalized spacial score (nSPS) is 11.0. The number of hydrogen-bond acceptors (Lipinski definition) is 4. The van der Waals surface area contributed by atoms with Crippen molar-refractivity contribution in [3.8, 4) is 0 Å². The Morgan fingerprint density at radius 1 is 0.360 bits per heavy atom. The Morgan fingerprint density at radius 3 is 0.960 bits per heavy atom. The molecule has 4 rings (SSSR count). The molecular formula is C42H56N6O2. The number of unbranched alkanes of at least 4 members (excludes halogenated alkanes) is 1. The molecule has 0 aromatic heterocycles. The second-order valence-corrected chi connectivity index (χ2v) is 12.6. The highest BCUT2D eigenvalue weighted by atomic mass is 16.2. The Bertz CT molecular complexity index is 1270. The number of carbonyl (C=O) groups is 2. The van der Waals surface area contributed by atoms with Gasteiger partial charge < -0.3 is 31.9 Å². The highest BCUT2D eigenvalue weighted by Gasteiger charge is 2.15. The van der Waals surface area contributed by atoms with Crippen LogP contribution in [0, 0.1) is 0 Å². The van der Waals surface area contributed by atoms with Gasteiger partial charge in [0.15, 0.2) is 0 Å². The minimum absolute atomic E-state index is 0.109. The monoisotopic (exact) mass is 676 g/mol. The first-order valence-corrected chi connectivity index (χ1v) is 18.4. The van der Waals surface area contributed by atoms with E-state index in [1.165, 1.54) is 22.3 Å². The summed E-state index contributed by atoms with van der Waals surface area (Å²) in [6.07, 6.45) is 5.67. The van der Waals surface area contributed by atoms with Gasteiger partial charge in [-0.2, -0.15) is 0 Å². The maximum absolute atomic E-state index is 12.3.